The molecule has 4 heteroatoms. The Morgan fingerprint density at radius 3 is 1.67 bits per heavy atom. The summed E-state index contributed by atoms with van der Waals surface area (Å²) < 4.78 is 0. The van der Waals surface area contributed by atoms with Crippen LogP contribution in [0, 0.1) is 6.92 Å². The summed E-state index contributed by atoms with van der Waals surface area (Å²) in [5.74, 6) is 0. The molecule has 0 aliphatic heterocycles. The molecular formula is C5H11Cl2OZr-. The predicted molar refractivity (Wildman–Crippen MR) is 38.0 cm³/mol. The Kier molecular flexibility index (Phi) is 30.2. The predicted octanol–water partition coefficient (Wildman–Crippen LogP) is 2.36. The van der Waals surface area contributed by atoms with E-state index in [2.05, 4.69) is 37.0 Å². The normalized spacial score (nSPS) is 7.33. The first-order chi connectivity index (χ1) is 3.65. The SMILES string of the molecule is OC(Cl)Cl.[CH2-]CCC.[Zr]. The molecule has 0 aliphatic rings. The van der Waals surface area contributed by atoms with E-state index in [1.807, 2.05) is 0 Å². The Balaban J connectivity index is -0.0000000720. The summed E-state index contributed by atoms with van der Waals surface area (Å²) in [5.41, 5.74) is 0. The minimum absolute atomic E-state index is 0. The third-order valence-electron chi connectivity index (χ3n) is 0.354. The molecule has 0 amide bonds. The van der Waals surface area contributed by atoms with E-state index in [0.717, 1.165) is 6.42 Å². The van der Waals surface area contributed by atoms with Gasteiger partial charge in [-0.2, -0.15) is 6.42 Å². The zero-order chi connectivity index (χ0) is 6.99. The van der Waals surface area contributed by atoms with Gasteiger partial charge in [0, 0.05) is 26.2 Å². The minimum Gasteiger partial charge on any atom is -0.365 e. The van der Waals surface area contributed by atoms with Crippen molar-refractivity contribution in [1.29, 1.82) is 0 Å². The smallest absolute Gasteiger partial charge is 0.204 e. The van der Waals surface area contributed by atoms with Crippen LogP contribution in [0.4, 0.5) is 0 Å². The fourth-order valence-electron chi connectivity index (χ4n) is 0. The van der Waals surface area contributed by atoms with E-state index < -0.39 is 5.02 Å². The number of hydrogen-bond acceptors (Lipinski definition) is 1. The molecule has 0 rings (SSSR count). The van der Waals surface area contributed by atoms with Gasteiger partial charge in [-0.15, -0.1) is 0 Å². The van der Waals surface area contributed by atoms with E-state index in [9.17, 15) is 0 Å². The molecule has 0 aliphatic carbocycles. The third kappa shape index (κ3) is 88.4. The molecule has 0 aromatic carbocycles. The van der Waals surface area contributed by atoms with E-state index in [-0.39, 0.29) is 26.2 Å². The molecule has 0 unspecified atom stereocenters. The van der Waals surface area contributed by atoms with Gasteiger partial charge in [-0.3, -0.25) is 0 Å². The maximum absolute atomic E-state index is 7.59. The number of aliphatic hydroxyl groups excluding tert-OH is 1. The Hall–Kier alpha value is 1.42. The summed E-state index contributed by atoms with van der Waals surface area (Å²) in [6.45, 7) is 5.72. The van der Waals surface area contributed by atoms with Crippen molar-refractivity contribution < 1.29 is 31.3 Å². The van der Waals surface area contributed by atoms with Gasteiger partial charge in [-0.25, -0.2) is 0 Å². The summed E-state index contributed by atoms with van der Waals surface area (Å²) in [7, 11) is 0. The van der Waals surface area contributed by atoms with Crippen LogP contribution in [0.25, 0.3) is 0 Å². The molecule has 1 N–H and O–H groups in total. The summed E-state index contributed by atoms with van der Waals surface area (Å²) in [5, 5.41) is 6.36. The van der Waals surface area contributed by atoms with Crippen LogP contribution in [0.3, 0.4) is 0 Å². The number of halogens is 2. The molecule has 0 atom stereocenters. The molecule has 1 nitrogen and oxygen atoms in total. The van der Waals surface area contributed by atoms with Gasteiger partial charge >= 0.3 is 0 Å². The van der Waals surface area contributed by atoms with Gasteiger partial charge in [-0.05, 0) is 0 Å². The van der Waals surface area contributed by atoms with Gasteiger partial charge < -0.3 is 12.0 Å². The fourth-order valence-corrected chi connectivity index (χ4v) is 0. The van der Waals surface area contributed by atoms with E-state index in [0.29, 0.717) is 0 Å². The maximum atomic E-state index is 7.59. The van der Waals surface area contributed by atoms with Gasteiger partial charge in [0.15, 0.2) is 0 Å². The van der Waals surface area contributed by atoms with E-state index in [1.165, 1.54) is 6.42 Å². The third-order valence-corrected chi connectivity index (χ3v) is 0.354. The van der Waals surface area contributed by atoms with Crippen molar-refractivity contribution in [2.45, 2.75) is 24.8 Å². The second-order valence-corrected chi connectivity index (χ2v) is 2.18. The Morgan fingerprint density at radius 2 is 1.67 bits per heavy atom. The first-order valence-electron chi connectivity index (χ1n) is 2.40. The number of alkyl halides is 2. The van der Waals surface area contributed by atoms with Crippen molar-refractivity contribution in [3.63, 3.8) is 0 Å². The zero-order valence-electron chi connectivity index (χ0n) is 5.40. The number of aliphatic hydroxyl groups is 1. The van der Waals surface area contributed by atoms with E-state index >= 15 is 0 Å². The largest absolute Gasteiger partial charge is 0.365 e. The number of hydrogen-bond donors (Lipinski definition) is 1. The molecule has 0 aromatic rings. The van der Waals surface area contributed by atoms with E-state index in [4.69, 9.17) is 5.11 Å². The summed E-state index contributed by atoms with van der Waals surface area (Å²) in [4.78, 5) is 0. The maximum Gasteiger partial charge on any atom is 0.204 e. The Bertz CT molecular complexity index is 31.4. The average Bonchev–Trinajstić information content (AvgIpc) is 1.65. The molecule has 0 heterocycles. The molecule has 0 saturated carbocycles. The Morgan fingerprint density at radius 1 is 1.56 bits per heavy atom. The molecule has 0 spiro atoms. The van der Waals surface area contributed by atoms with Crippen LogP contribution in [-0.4, -0.2) is 10.1 Å². The van der Waals surface area contributed by atoms with Crippen LogP contribution in [-0.2, 0) is 26.2 Å². The van der Waals surface area contributed by atoms with Gasteiger partial charge in [0.1, 0.15) is 0 Å². The van der Waals surface area contributed by atoms with Crippen molar-refractivity contribution >= 4 is 23.2 Å². The van der Waals surface area contributed by atoms with Gasteiger partial charge in [0.25, 0.3) is 0 Å². The Labute approximate surface area is 85.9 Å². The van der Waals surface area contributed by atoms with Crippen molar-refractivity contribution in [2.75, 3.05) is 0 Å². The van der Waals surface area contributed by atoms with E-state index in [1.54, 1.807) is 0 Å². The average molecular weight is 249 g/mol. The van der Waals surface area contributed by atoms with Crippen molar-refractivity contribution in [3.8, 4) is 0 Å². The van der Waals surface area contributed by atoms with Gasteiger partial charge in [-0.1, -0.05) is 36.5 Å². The molecule has 0 bridgehead atoms. The minimum atomic E-state index is -1.22. The quantitative estimate of drug-likeness (QED) is 0.558. The number of unbranched alkanes of at least 4 members (excludes halogenated alkanes) is 1. The topological polar surface area (TPSA) is 20.2 Å². The first-order valence-corrected chi connectivity index (χ1v) is 3.27. The monoisotopic (exact) mass is 247 g/mol. The molecule has 0 aromatic heterocycles. The number of rotatable bonds is 1. The van der Waals surface area contributed by atoms with Crippen LogP contribution in [0.15, 0.2) is 0 Å². The first kappa shape index (κ1) is 16.8. The van der Waals surface area contributed by atoms with Gasteiger partial charge in [0.2, 0.25) is 5.02 Å². The van der Waals surface area contributed by atoms with Crippen molar-refractivity contribution in [1.82, 2.24) is 0 Å². The molecule has 0 radical (unpaired) electrons. The van der Waals surface area contributed by atoms with Crippen LogP contribution in [0.5, 0.6) is 0 Å². The summed E-state index contributed by atoms with van der Waals surface area (Å²) in [6.07, 6.45) is 2.28. The second-order valence-electron chi connectivity index (χ2n) is 1.13. The van der Waals surface area contributed by atoms with Crippen LogP contribution < -0.4 is 0 Å². The van der Waals surface area contributed by atoms with Crippen LogP contribution in [0.2, 0.25) is 0 Å². The second kappa shape index (κ2) is 16.2. The molecule has 0 fully saturated rings. The van der Waals surface area contributed by atoms with Crippen LogP contribution in [0.1, 0.15) is 19.8 Å². The van der Waals surface area contributed by atoms with Gasteiger partial charge in [0.05, 0.1) is 0 Å². The molecule has 56 valence electrons. The summed E-state index contributed by atoms with van der Waals surface area (Å²) in [6, 6.07) is 0. The van der Waals surface area contributed by atoms with Crippen molar-refractivity contribution in [2.24, 2.45) is 0 Å². The molecule has 9 heavy (non-hydrogen) atoms. The zero-order valence-corrected chi connectivity index (χ0v) is 9.37. The molecular weight excluding hydrogens is 238 g/mol. The summed E-state index contributed by atoms with van der Waals surface area (Å²) >= 11 is 9.19. The standard InChI is InChI=1S/C4H9.CH2Cl2O.Zr/c1-3-4-2;2-1(3)4;/h1,3-4H2,2H3;1,4H;/q-1;;. The molecule has 0 saturated heterocycles. The fraction of sp³-hybridized carbons (Fsp3) is 0.800. The van der Waals surface area contributed by atoms with Crippen molar-refractivity contribution in [3.05, 3.63) is 6.92 Å². The van der Waals surface area contributed by atoms with Crippen LogP contribution >= 0.6 is 23.2 Å².